The third kappa shape index (κ3) is 4.17. The van der Waals surface area contributed by atoms with Gasteiger partial charge in [0.05, 0.1) is 30.0 Å². The fourth-order valence-corrected chi connectivity index (χ4v) is 3.71. The predicted molar refractivity (Wildman–Crippen MR) is 105 cm³/mol. The minimum atomic E-state index is -4.66. The zero-order valence-electron chi connectivity index (χ0n) is 17.8. The highest BCUT2D eigenvalue weighted by Gasteiger charge is 2.47. The molecule has 0 aromatic carbocycles. The summed E-state index contributed by atoms with van der Waals surface area (Å²) >= 11 is 0. The number of carbonyl (C=O) groups excluding carboxylic acids is 1. The summed E-state index contributed by atoms with van der Waals surface area (Å²) in [6.07, 6.45) is -4.02. The highest BCUT2D eigenvalue weighted by Crippen LogP contribution is 2.45. The van der Waals surface area contributed by atoms with Gasteiger partial charge in [-0.05, 0) is 45.6 Å². The predicted octanol–water partition coefficient (Wildman–Crippen LogP) is 3.69. The number of alkyl halides is 4. The Balaban J connectivity index is 1.64. The molecule has 1 saturated heterocycles. The average molecular weight is 456 g/mol. The van der Waals surface area contributed by atoms with Crippen molar-refractivity contribution in [2.75, 3.05) is 13.2 Å². The minimum Gasteiger partial charge on any atom is -0.481 e. The first-order valence-corrected chi connectivity index (χ1v) is 10.3. The molecule has 1 unspecified atom stereocenters. The van der Waals surface area contributed by atoms with Crippen LogP contribution in [0.2, 0.25) is 0 Å². The third-order valence-electron chi connectivity index (χ3n) is 6.01. The van der Waals surface area contributed by atoms with Crippen LogP contribution in [0.15, 0.2) is 18.3 Å². The van der Waals surface area contributed by atoms with Crippen LogP contribution in [0.4, 0.5) is 17.6 Å². The molecule has 1 aliphatic carbocycles. The highest BCUT2D eigenvalue weighted by atomic mass is 19.4. The lowest BCUT2D eigenvalue weighted by molar-refractivity contribution is -0.190. The lowest BCUT2D eigenvalue weighted by Crippen LogP contribution is -2.46. The number of amides is 1. The van der Waals surface area contributed by atoms with E-state index in [1.807, 2.05) is 19.9 Å². The maximum Gasteiger partial charge on any atom is 0.425 e. The lowest BCUT2D eigenvalue weighted by atomic mass is 9.91. The zero-order chi connectivity index (χ0) is 23.3. The first-order chi connectivity index (χ1) is 14.9. The molecule has 2 aliphatic rings. The Morgan fingerprint density at radius 1 is 1.34 bits per heavy atom. The summed E-state index contributed by atoms with van der Waals surface area (Å²) in [6, 6.07) is 2.88. The van der Waals surface area contributed by atoms with Crippen molar-refractivity contribution >= 4 is 5.91 Å². The molecule has 0 bridgehead atoms. The number of halogens is 4. The van der Waals surface area contributed by atoms with Gasteiger partial charge >= 0.3 is 6.18 Å². The Bertz CT molecular complexity index is 1020. The maximum absolute atomic E-state index is 14.9. The first-order valence-electron chi connectivity index (χ1n) is 10.3. The zero-order valence-corrected chi connectivity index (χ0v) is 17.8. The van der Waals surface area contributed by atoms with Gasteiger partial charge in [0, 0.05) is 18.0 Å². The number of nitrogens with zero attached hydrogens (tertiary/aromatic N) is 2. The van der Waals surface area contributed by atoms with Crippen LogP contribution < -0.4 is 10.1 Å². The molecule has 7 nitrogen and oxygen atoms in total. The normalized spacial score (nSPS) is 20.7. The Labute approximate surface area is 181 Å². The molecule has 32 heavy (non-hydrogen) atoms. The van der Waals surface area contributed by atoms with Crippen LogP contribution in [0, 0.1) is 12.8 Å². The van der Waals surface area contributed by atoms with Gasteiger partial charge in [-0.25, -0.2) is 4.39 Å². The van der Waals surface area contributed by atoms with E-state index in [4.69, 9.17) is 9.47 Å². The monoisotopic (exact) mass is 456 g/mol. The summed E-state index contributed by atoms with van der Waals surface area (Å²) in [5.41, 5.74) is -1.68. The molecule has 174 valence electrons. The van der Waals surface area contributed by atoms with Gasteiger partial charge in [0.1, 0.15) is 11.4 Å². The number of aromatic nitrogens is 3. The molecule has 0 spiro atoms. The fraction of sp³-hybridized carbons (Fsp3) is 0.571. The van der Waals surface area contributed by atoms with E-state index in [-0.39, 0.29) is 36.1 Å². The SMILES string of the molecule is Cc1cc(C(C)(NC(=O)c2cc(O[C@@H](C)C(F)(F)F)c(C3(F)COC3)cn2)C2CC2)n[nH]1. The van der Waals surface area contributed by atoms with Crippen LogP contribution >= 0.6 is 0 Å². The number of nitrogens with one attached hydrogen (secondary N) is 2. The molecule has 1 amide bonds. The van der Waals surface area contributed by atoms with Crippen molar-refractivity contribution in [3.05, 3.63) is 41.0 Å². The van der Waals surface area contributed by atoms with E-state index in [2.05, 4.69) is 20.5 Å². The number of ether oxygens (including phenoxy) is 2. The number of pyridine rings is 1. The smallest absolute Gasteiger partial charge is 0.425 e. The number of hydrogen-bond donors (Lipinski definition) is 2. The molecule has 2 atom stereocenters. The number of aryl methyl sites for hydroxylation is 1. The van der Waals surface area contributed by atoms with E-state index < -0.39 is 29.4 Å². The van der Waals surface area contributed by atoms with Gasteiger partial charge in [0.25, 0.3) is 5.91 Å². The van der Waals surface area contributed by atoms with Crippen LogP contribution in [-0.2, 0) is 15.9 Å². The Morgan fingerprint density at radius 2 is 2.03 bits per heavy atom. The van der Waals surface area contributed by atoms with E-state index in [0.717, 1.165) is 37.7 Å². The molecular weight excluding hydrogens is 432 g/mol. The first kappa shape index (κ1) is 22.5. The topological polar surface area (TPSA) is 89.1 Å². The second-order valence-electron chi connectivity index (χ2n) is 8.69. The van der Waals surface area contributed by atoms with Crippen LogP contribution in [0.25, 0.3) is 0 Å². The highest BCUT2D eigenvalue weighted by molar-refractivity contribution is 5.93. The van der Waals surface area contributed by atoms with E-state index in [9.17, 15) is 22.4 Å². The molecule has 3 heterocycles. The summed E-state index contributed by atoms with van der Waals surface area (Å²) < 4.78 is 64.1. The van der Waals surface area contributed by atoms with Crippen molar-refractivity contribution < 1.29 is 31.8 Å². The van der Waals surface area contributed by atoms with Gasteiger partial charge in [-0.3, -0.25) is 14.9 Å². The summed E-state index contributed by atoms with van der Waals surface area (Å²) in [7, 11) is 0. The van der Waals surface area contributed by atoms with Crippen LogP contribution in [0.3, 0.4) is 0 Å². The van der Waals surface area contributed by atoms with Crippen molar-refractivity contribution in [2.24, 2.45) is 5.92 Å². The van der Waals surface area contributed by atoms with Gasteiger partial charge in [0.15, 0.2) is 11.8 Å². The Morgan fingerprint density at radius 3 is 2.53 bits per heavy atom. The number of rotatable bonds is 7. The lowest BCUT2D eigenvalue weighted by Gasteiger charge is -2.35. The van der Waals surface area contributed by atoms with Crippen molar-refractivity contribution in [2.45, 2.75) is 57.1 Å². The number of carbonyl (C=O) groups is 1. The molecule has 1 saturated carbocycles. The summed E-state index contributed by atoms with van der Waals surface area (Å²) in [6.45, 7) is 3.85. The van der Waals surface area contributed by atoms with Gasteiger partial charge < -0.3 is 14.8 Å². The molecule has 1 aliphatic heterocycles. The van der Waals surface area contributed by atoms with Crippen LogP contribution in [-0.4, -0.2) is 46.6 Å². The van der Waals surface area contributed by atoms with Gasteiger partial charge in [-0.1, -0.05) is 0 Å². The molecular formula is C21H24F4N4O3. The molecule has 2 fully saturated rings. The molecule has 0 radical (unpaired) electrons. The van der Waals surface area contributed by atoms with Crippen molar-refractivity contribution in [3.63, 3.8) is 0 Å². The molecule has 2 aromatic rings. The maximum atomic E-state index is 14.9. The minimum absolute atomic E-state index is 0.163. The van der Waals surface area contributed by atoms with E-state index in [1.165, 1.54) is 0 Å². The average Bonchev–Trinajstić information content (AvgIpc) is 3.46. The van der Waals surface area contributed by atoms with Gasteiger partial charge in [-0.15, -0.1) is 0 Å². The standard InChI is InChI=1S/C21H24F4N4O3/c1-11-6-17(29-28-11)19(3,13-4-5-13)27-18(30)15-7-16(32-12(2)21(23,24)25)14(8-26-15)20(22)9-31-10-20/h6-8,12-13H,4-5,9-10H2,1-3H3,(H,27,30)(H,28,29)/t12-,19?/m0/s1. The quantitative estimate of drug-likeness (QED) is 0.621. The van der Waals surface area contributed by atoms with Crippen molar-refractivity contribution in [3.8, 4) is 5.75 Å². The molecule has 2 N–H and O–H groups in total. The van der Waals surface area contributed by atoms with Crippen molar-refractivity contribution in [1.29, 1.82) is 0 Å². The second-order valence-corrected chi connectivity index (χ2v) is 8.69. The second kappa shape index (κ2) is 7.72. The van der Waals surface area contributed by atoms with Crippen LogP contribution in [0.5, 0.6) is 5.75 Å². The largest absolute Gasteiger partial charge is 0.481 e. The number of H-pyrrole nitrogens is 1. The Hall–Kier alpha value is -2.69. The number of hydrogen-bond acceptors (Lipinski definition) is 5. The van der Waals surface area contributed by atoms with Gasteiger partial charge in [0.2, 0.25) is 0 Å². The molecule has 4 rings (SSSR count). The van der Waals surface area contributed by atoms with Crippen molar-refractivity contribution in [1.82, 2.24) is 20.5 Å². The number of aromatic amines is 1. The third-order valence-corrected chi connectivity index (χ3v) is 6.01. The summed E-state index contributed by atoms with van der Waals surface area (Å²) in [5.74, 6) is -0.839. The van der Waals surface area contributed by atoms with E-state index in [1.54, 1.807) is 0 Å². The van der Waals surface area contributed by atoms with E-state index in [0.29, 0.717) is 5.69 Å². The fourth-order valence-electron chi connectivity index (χ4n) is 3.71. The van der Waals surface area contributed by atoms with E-state index >= 15 is 0 Å². The van der Waals surface area contributed by atoms with Crippen LogP contribution in [0.1, 0.15) is 54.1 Å². The molecule has 2 aromatic heterocycles. The van der Waals surface area contributed by atoms with Gasteiger partial charge in [-0.2, -0.15) is 18.3 Å². The summed E-state index contributed by atoms with van der Waals surface area (Å²) in [4.78, 5) is 17.1. The molecule has 11 heteroatoms. The Kier molecular flexibility index (Phi) is 5.43. The summed E-state index contributed by atoms with van der Waals surface area (Å²) in [5, 5.41) is 10.0.